The van der Waals surface area contributed by atoms with E-state index in [-0.39, 0.29) is 5.41 Å². The fourth-order valence-corrected chi connectivity index (χ4v) is 4.74. The molecule has 0 aromatic heterocycles. The molecule has 0 aliphatic heterocycles. The van der Waals surface area contributed by atoms with Gasteiger partial charge in [0.1, 0.15) is 0 Å². The maximum absolute atomic E-state index is 8.78. The average molecular weight is 437 g/mol. The maximum Gasteiger partial charge on any atom is 0.327 e. The first-order valence-corrected chi connectivity index (χ1v) is 12.4. The van der Waals surface area contributed by atoms with Gasteiger partial charge in [-0.3, -0.25) is 0 Å². The van der Waals surface area contributed by atoms with Gasteiger partial charge in [-0.1, -0.05) is 123 Å². The first-order valence-electron chi connectivity index (χ1n) is 11.2. The summed E-state index contributed by atoms with van der Waals surface area (Å²) in [6, 6.07) is 32.7. The van der Waals surface area contributed by atoms with Gasteiger partial charge in [0.05, 0.1) is 6.61 Å². The molecular weight excluding hydrogens is 403 g/mol. The van der Waals surface area contributed by atoms with Crippen molar-refractivity contribution in [1.29, 1.82) is 0 Å². The zero-order valence-corrected chi connectivity index (χ0v) is 19.0. The van der Waals surface area contributed by atoms with Crippen molar-refractivity contribution in [3.8, 4) is 0 Å². The Morgan fingerprint density at radius 3 is 1.35 bits per heavy atom. The van der Waals surface area contributed by atoms with Crippen LogP contribution in [-0.4, -0.2) is 16.4 Å². The van der Waals surface area contributed by atoms with Crippen LogP contribution < -0.4 is 0 Å². The van der Waals surface area contributed by atoms with Gasteiger partial charge in [0.15, 0.2) is 0 Å². The van der Waals surface area contributed by atoms with Crippen LogP contribution in [0, 0.1) is 0 Å². The Kier molecular flexibility index (Phi) is 9.71. The number of hydrogen-bond acceptors (Lipinski definition) is 3. The minimum Gasteiger partial charge on any atom is -0.328 e. The predicted octanol–water partition coefficient (Wildman–Crippen LogP) is 6.98. The zero-order valence-electron chi connectivity index (χ0n) is 18.1. The molecule has 3 aromatic carbocycles. The molecule has 2 N–H and O–H groups in total. The monoisotopic (exact) mass is 436 g/mol. The largest absolute Gasteiger partial charge is 0.328 e. The Morgan fingerprint density at radius 1 is 0.548 bits per heavy atom. The third-order valence-electron chi connectivity index (χ3n) is 5.95. The van der Waals surface area contributed by atoms with Gasteiger partial charge in [-0.25, -0.2) is 0 Å². The molecule has 0 radical (unpaired) electrons. The summed E-state index contributed by atoms with van der Waals surface area (Å²) in [5.41, 5.74) is 3.87. The topological polar surface area (TPSA) is 49.7 Å². The second kappa shape index (κ2) is 12.7. The quantitative estimate of drug-likeness (QED) is 0.173. The van der Waals surface area contributed by atoms with Crippen LogP contribution in [0.15, 0.2) is 91.0 Å². The Balaban J connectivity index is 1.72. The Hall–Kier alpha value is -2.03. The van der Waals surface area contributed by atoms with Crippen LogP contribution in [-0.2, 0) is 9.94 Å². The Bertz CT molecular complexity index is 757. The highest BCUT2D eigenvalue weighted by molar-refractivity contribution is 7.39. The molecule has 0 fully saturated rings. The summed E-state index contributed by atoms with van der Waals surface area (Å²) in [6.45, 7) is 0.428. The molecule has 0 saturated heterocycles. The third-order valence-corrected chi connectivity index (χ3v) is 6.37. The molecule has 0 saturated carbocycles. The lowest BCUT2D eigenvalue weighted by Gasteiger charge is -2.36. The lowest BCUT2D eigenvalue weighted by molar-refractivity contribution is 0.248. The molecule has 0 amide bonds. The van der Waals surface area contributed by atoms with E-state index in [4.69, 9.17) is 14.3 Å². The molecule has 31 heavy (non-hydrogen) atoms. The summed E-state index contributed by atoms with van der Waals surface area (Å²) >= 11 is 0. The summed E-state index contributed by atoms with van der Waals surface area (Å²) < 4.78 is 4.84. The molecule has 0 heterocycles. The van der Waals surface area contributed by atoms with E-state index < -0.39 is 8.60 Å². The molecule has 0 aliphatic rings. The number of unbranched alkanes of at least 4 members (excludes halogenated alkanes) is 5. The standard InChI is InChI=1S/C27H33O3P/c28-31(29)30-23-15-4-2-1-3-14-22-27(24-16-8-5-9-17-24,25-18-10-6-11-19-25)26-20-12-7-13-21-26/h5-13,16-21,28-29H,1-4,14-15,22-23H2. The lowest BCUT2D eigenvalue weighted by Crippen LogP contribution is -2.29. The lowest BCUT2D eigenvalue weighted by atomic mass is 9.66. The fourth-order valence-electron chi connectivity index (χ4n) is 4.45. The van der Waals surface area contributed by atoms with E-state index in [0.29, 0.717) is 6.61 Å². The van der Waals surface area contributed by atoms with Gasteiger partial charge in [-0.05, 0) is 29.5 Å². The maximum atomic E-state index is 8.78. The van der Waals surface area contributed by atoms with Crippen LogP contribution in [0.5, 0.6) is 0 Å². The van der Waals surface area contributed by atoms with Crippen molar-refractivity contribution in [2.24, 2.45) is 0 Å². The molecule has 4 heteroatoms. The highest BCUT2D eigenvalue weighted by Crippen LogP contribution is 2.43. The van der Waals surface area contributed by atoms with E-state index in [2.05, 4.69) is 91.0 Å². The predicted molar refractivity (Wildman–Crippen MR) is 129 cm³/mol. The molecule has 3 nitrogen and oxygen atoms in total. The van der Waals surface area contributed by atoms with E-state index in [0.717, 1.165) is 32.1 Å². The highest BCUT2D eigenvalue weighted by atomic mass is 31.2. The molecular formula is C27H33O3P. The third kappa shape index (κ3) is 6.72. The molecule has 0 bridgehead atoms. The van der Waals surface area contributed by atoms with E-state index in [1.54, 1.807) is 0 Å². The molecule has 164 valence electrons. The van der Waals surface area contributed by atoms with Crippen LogP contribution in [0.1, 0.15) is 61.6 Å². The van der Waals surface area contributed by atoms with Crippen LogP contribution in [0.3, 0.4) is 0 Å². The molecule has 3 rings (SSSR count). The van der Waals surface area contributed by atoms with E-state index in [1.165, 1.54) is 29.5 Å². The second-order valence-corrected chi connectivity index (χ2v) is 8.72. The molecule has 3 aromatic rings. The summed E-state index contributed by atoms with van der Waals surface area (Å²) in [5.74, 6) is 0. The van der Waals surface area contributed by atoms with Crippen LogP contribution in [0.25, 0.3) is 0 Å². The van der Waals surface area contributed by atoms with Gasteiger partial charge in [0.2, 0.25) is 0 Å². The Labute approximate surface area is 187 Å². The first-order chi connectivity index (χ1) is 15.2. The van der Waals surface area contributed by atoms with E-state index in [1.807, 2.05) is 0 Å². The average Bonchev–Trinajstić information content (AvgIpc) is 2.82. The summed E-state index contributed by atoms with van der Waals surface area (Å²) in [6.07, 6.45) is 7.66. The molecule has 0 aliphatic carbocycles. The van der Waals surface area contributed by atoms with Gasteiger partial charge in [0.25, 0.3) is 0 Å². The van der Waals surface area contributed by atoms with Crippen LogP contribution in [0.4, 0.5) is 0 Å². The van der Waals surface area contributed by atoms with Crippen molar-refractivity contribution >= 4 is 8.60 Å². The SMILES string of the molecule is OP(O)OCCCCCCCCC(c1ccccc1)(c1ccccc1)c1ccccc1. The fraction of sp³-hybridized carbons (Fsp3) is 0.333. The van der Waals surface area contributed by atoms with Gasteiger partial charge in [-0.2, -0.15) is 0 Å². The van der Waals surface area contributed by atoms with Crippen molar-refractivity contribution in [3.63, 3.8) is 0 Å². The minimum atomic E-state index is -2.21. The van der Waals surface area contributed by atoms with Crippen molar-refractivity contribution in [3.05, 3.63) is 108 Å². The number of hydrogen-bond donors (Lipinski definition) is 2. The summed E-state index contributed by atoms with van der Waals surface area (Å²) in [7, 11) is -2.21. The van der Waals surface area contributed by atoms with Gasteiger partial charge in [-0.15, -0.1) is 0 Å². The van der Waals surface area contributed by atoms with Crippen molar-refractivity contribution in [1.82, 2.24) is 0 Å². The normalized spacial score (nSPS) is 11.7. The summed E-state index contributed by atoms with van der Waals surface area (Å²) in [5, 5.41) is 0. The first kappa shape index (κ1) is 23.6. The Morgan fingerprint density at radius 2 is 0.935 bits per heavy atom. The van der Waals surface area contributed by atoms with Gasteiger partial charge >= 0.3 is 8.60 Å². The zero-order chi connectivity index (χ0) is 21.8. The number of benzene rings is 3. The highest BCUT2D eigenvalue weighted by Gasteiger charge is 2.35. The minimum absolute atomic E-state index is 0.156. The van der Waals surface area contributed by atoms with E-state index >= 15 is 0 Å². The van der Waals surface area contributed by atoms with Gasteiger partial charge in [0, 0.05) is 5.41 Å². The van der Waals surface area contributed by atoms with Crippen molar-refractivity contribution in [2.75, 3.05) is 6.61 Å². The van der Waals surface area contributed by atoms with Crippen LogP contribution >= 0.6 is 8.60 Å². The summed E-state index contributed by atoms with van der Waals surface area (Å²) in [4.78, 5) is 17.6. The smallest absolute Gasteiger partial charge is 0.327 e. The van der Waals surface area contributed by atoms with E-state index in [9.17, 15) is 0 Å². The molecule has 0 spiro atoms. The van der Waals surface area contributed by atoms with Crippen molar-refractivity contribution < 1.29 is 14.3 Å². The molecule has 0 unspecified atom stereocenters. The number of rotatable bonds is 13. The molecule has 0 atom stereocenters. The van der Waals surface area contributed by atoms with Crippen LogP contribution in [0.2, 0.25) is 0 Å². The van der Waals surface area contributed by atoms with Crippen molar-refractivity contribution in [2.45, 2.75) is 50.4 Å². The second-order valence-electron chi connectivity index (χ2n) is 7.96. The van der Waals surface area contributed by atoms with Gasteiger partial charge < -0.3 is 14.3 Å².